The second kappa shape index (κ2) is 8.77. The van der Waals surface area contributed by atoms with Gasteiger partial charge in [-0.15, -0.1) is 0 Å². The number of ether oxygens (including phenoxy) is 1. The number of cyclic esters (lactones) is 1. The summed E-state index contributed by atoms with van der Waals surface area (Å²) in [5.74, 6) is -2.23. The van der Waals surface area contributed by atoms with E-state index in [4.69, 9.17) is 10.3 Å². The van der Waals surface area contributed by atoms with E-state index in [9.17, 15) is 22.8 Å². The number of halogens is 3. The number of azide groups is 1. The molecule has 1 aliphatic rings. The third-order valence-corrected chi connectivity index (χ3v) is 4.41. The van der Waals surface area contributed by atoms with Gasteiger partial charge in [0.15, 0.2) is 0 Å². The summed E-state index contributed by atoms with van der Waals surface area (Å²) in [5, 5.41) is 3.28. The fourth-order valence-electron chi connectivity index (χ4n) is 3.09. The minimum atomic E-state index is -4.53. The Morgan fingerprint density at radius 2 is 2.07 bits per heavy atom. The van der Waals surface area contributed by atoms with Crippen molar-refractivity contribution < 1.29 is 27.5 Å². The summed E-state index contributed by atoms with van der Waals surface area (Å²) >= 11 is 0. The molecule has 2 amide bonds. The summed E-state index contributed by atoms with van der Waals surface area (Å²) in [6, 6.07) is 6.68. The second-order valence-corrected chi connectivity index (χ2v) is 6.27. The van der Waals surface area contributed by atoms with Crippen LogP contribution in [0.4, 0.5) is 18.0 Å². The van der Waals surface area contributed by atoms with E-state index in [-0.39, 0.29) is 19.4 Å². The van der Waals surface area contributed by atoms with Crippen LogP contribution in [0.15, 0.2) is 35.4 Å². The molecule has 0 N–H and O–H groups in total. The first-order chi connectivity index (χ1) is 12.8. The highest BCUT2D eigenvalue weighted by atomic mass is 19.4. The van der Waals surface area contributed by atoms with Crippen molar-refractivity contribution in [1.82, 2.24) is 4.90 Å². The smallest absolute Gasteiger partial charge is 0.416 e. The standard InChI is InChI=1S/C17H19F3N4O3/c1-2-12(9-17(18,19)20)14(22-23-21)15(25)24-13(10-27-16(24)26)8-11-6-4-3-5-7-11/h3-7,12-14H,2,8-10H2,1H3. The van der Waals surface area contributed by atoms with E-state index < -0.39 is 42.6 Å². The molecule has 1 saturated heterocycles. The van der Waals surface area contributed by atoms with Crippen LogP contribution >= 0.6 is 0 Å². The summed E-state index contributed by atoms with van der Waals surface area (Å²) in [4.78, 5) is 28.2. The van der Waals surface area contributed by atoms with Gasteiger partial charge in [-0.1, -0.05) is 48.8 Å². The maximum atomic E-state index is 12.8. The van der Waals surface area contributed by atoms with E-state index in [0.29, 0.717) is 0 Å². The Balaban J connectivity index is 2.25. The van der Waals surface area contributed by atoms with Gasteiger partial charge in [0.25, 0.3) is 0 Å². The van der Waals surface area contributed by atoms with Gasteiger partial charge in [-0.05, 0) is 23.4 Å². The highest BCUT2D eigenvalue weighted by Gasteiger charge is 2.44. The fraction of sp³-hybridized carbons (Fsp3) is 0.529. The van der Waals surface area contributed by atoms with Crippen molar-refractivity contribution in [2.75, 3.05) is 6.61 Å². The molecular formula is C17H19F3N4O3. The number of rotatable bonds is 7. The van der Waals surface area contributed by atoms with E-state index in [1.54, 1.807) is 24.3 Å². The van der Waals surface area contributed by atoms with Gasteiger partial charge in [-0.2, -0.15) is 13.2 Å². The molecule has 10 heteroatoms. The molecule has 146 valence electrons. The Labute approximate surface area is 153 Å². The predicted octanol–water partition coefficient (Wildman–Crippen LogP) is 4.23. The van der Waals surface area contributed by atoms with Crippen LogP contribution in [-0.2, 0) is 16.0 Å². The summed E-state index contributed by atoms with van der Waals surface area (Å²) in [5.41, 5.74) is 9.56. The molecule has 1 aromatic carbocycles. The summed E-state index contributed by atoms with van der Waals surface area (Å²) in [7, 11) is 0. The molecule has 1 heterocycles. The van der Waals surface area contributed by atoms with Crippen LogP contribution in [-0.4, -0.2) is 41.8 Å². The Morgan fingerprint density at radius 1 is 1.41 bits per heavy atom. The van der Waals surface area contributed by atoms with Crippen molar-refractivity contribution in [3.05, 3.63) is 46.3 Å². The zero-order chi connectivity index (χ0) is 20.0. The van der Waals surface area contributed by atoms with Gasteiger partial charge in [0.05, 0.1) is 6.04 Å². The van der Waals surface area contributed by atoms with E-state index in [2.05, 4.69) is 10.0 Å². The Morgan fingerprint density at radius 3 is 2.63 bits per heavy atom. The number of hydrogen-bond acceptors (Lipinski definition) is 4. The first-order valence-electron chi connectivity index (χ1n) is 8.41. The quantitative estimate of drug-likeness (QED) is 0.400. The van der Waals surface area contributed by atoms with Crippen LogP contribution in [0.25, 0.3) is 10.4 Å². The van der Waals surface area contributed by atoms with Gasteiger partial charge < -0.3 is 4.74 Å². The van der Waals surface area contributed by atoms with Crippen molar-refractivity contribution >= 4 is 12.0 Å². The molecule has 1 fully saturated rings. The highest BCUT2D eigenvalue weighted by molar-refractivity contribution is 5.96. The second-order valence-electron chi connectivity index (χ2n) is 6.27. The van der Waals surface area contributed by atoms with E-state index in [1.165, 1.54) is 6.92 Å². The number of nitrogens with zero attached hydrogens (tertiary/aromatic N) is 4. The van der Waals surface area contributed by atoms with Crippen molar-refractivity contribution in [1.29, 1.82) is 0 Å². The lowest BCUT2D eigenvalue weighted by atomic mass is 9.92. The van der Waals surface area contributed by atoms with Crippen LogP contribution in [0.1, 0.15) is 25.3 Å². The molecule has 3 unspecified atom stereocenters. The average Bonchev–Trinajstić information content (AvgIpc) is 2.97. The number of imide groups is 1. The molecule has 0 aromatic heterocycles. The van der Waals surface area contributed by atoms with Crippen LogP contribution in [0.3, 0.4) is 0 Å². The molecule has 0 saturated carbocycles. The maximum Gasteiger partial charge on any atom is 0.416 e. The summed E-state index contributed by atoms with van der Waals surface area (Å²) in [6.45, 7) is 1.39. The lowest BCUT2D eigenvalue weighted by Gasteiger charge is -2.27. The number of carbonyl (C=O) groups is 2. The van der Waals surface area contributed by atoms with Gasteiger partial charge in [-0.25, -0.2) is 9.69 Å². The van der Waals surface area contributed by atoms with Crippen molar-refractivity contribution in [3.63, 3.8) is 0 Å². The Bertz CT molecular complexity index is 720. The first-order valence-corrected chi connectivity index (χ1v) is 8.41. The molecular weight excluding hydrogens is 365 g/mol. The lowest BCUT2D eigenvalue weighted by molar-refractivity contribution is -0.150. The minimum Gasteiger partial charge on any atom is -0.447 e. The molecule has 3 atom stereocenters. The minimum absolute atomic E-state index is 0.0405. The van der Waals surface area contributed by atoms with Crippen LogP contribution in [0.2, 0.25) is 0 Å². The number of hydrogen-bond donors (Lipinski definition) is 0. The van der Waals surface area contributed by atoms with Crippen LogP contribution in [0, 0.1) is 5.92 Å². The third-order valence-electron chi connectivity index (χ3n) is 4.41. The molecule has 7 nitrogen and oxygen atoms in total. The lowest BCUT2D eigenvalue weighted by Crippen LogP contribution is -2.47. The van der Waals surface area contributed by atoms with Gasteiger partial charge in [0, 0.05) is 11.3 Å². The molecule has 2 rings (SSSR count). The zero-order valence-corrected chi connectivity index (χ0v) is 14.6. The summed E-state index contributed by atoms with van der Waals surface area (Å²) in [6.07, 6.45) is -6.51. The zero-order valence-electron chi connectivity index (χ0n) is 14.6. The van der Waals surface area contributed by atoms with Gasteiger partial charge in [0.1, 0.15) is 12.6 Å². The van der Waals surface area contributed by atoms with E-state index in [0.717, 1.165) is 10.5 Å². The largest absolute Gasteiger partial charge is 0.447 e. The van der Waals surface area contributed by atoms with Gasteiger partial charge in [0.2, 0.25) is 5.91 Å². The molecule has 0 aliphatic carbocycles. The van der Waals surface area contributed by atoms with Crippen molar-refractivity contribution in [3.8, 4) is 0 Å². The topological polar surface area (TPSA) is 95.4 Å². The molecule has 1 aromatic rings. The molecule has 0 radical (unpaired) electrons. The monoisotopic (exact) mass is 384 g/mol. The Kier molecular flexibility index (Phi) is 6.68. The van der Waals surface area contributed by atoms with Crippen molar-refractivity contribution in [2.45, 2.75) is 44.4 Å². The fourth-order valence-corrected chi connectivity index (χ4v) is 3.09. The summed E-state index contributed by atoms with van der Waals surface area (Å²) < 4.78 is 43.4. The number of carbonyl (C=O) groups excluding carboxylic acids is 2. The molecule has 27 heavy (non-hydrogen) atoms. The maximum absolute atomic E-state index is 12.8. The Hall–Kier alpha value is -2.74. The van der Waals surface area contributed by atoms with Gasteiger partial charge in [-0.3, -0.25) is 4.79 Å². The third kappa shape index (κ3) is 5.37. The first kappa shape index (κ1) is 20.6. The number of benzene rings is 1. The highest BCUT2D eigenvalue weighted by Crippen LogP contribution is 2.31. The number of amides is 2. The van der Waals surface area contributed by atoms with Crippen LogP contribution < -0.4 is 0 Å². The molecule has 0 spiro atoms. The van der Waals surface area contributed by atoms with E-state index in [1.807, 2.05) is 6.07 Å². The predicted molar refractivity (Wildman–Crippen MR) is 89.5 cm³/mol. The SMILES string of the molecule is CCC(CC(F)(F)F)C(N=[N+]=[N-])C(=O)N1C(=O)OCC1Cc1ccccc1. The molecule has 1 aliphatic heterocycles. The van der Waals surface area contributed by atoms with E-state index >= 15 is 0 Å². The van der Waals surface area contributed by atoms with Crippen molar-refractivity contribution in [2.24, 2.45) is 11.0 Å². The molecule has 0 bridgehead atoms. The normalized spacial score (nSPS) is 19.2. The van der Waals surface area contributed by atoms with Gasteiger partial charge >= 0.3 is 12.3 Å². The number of alkyl halides is 3. The van der Waals surface area contributed by atoms with Crippen LogP contribution in [0.5, 0.6) is 0 Å². The average molecular weight is 384 g/mol.